The maximum atomic E-state index is 4.68. The van der Waals surface area contributed by atoms with Crippen molar-refractivity contribution in [1.29, 1.82) is 0 Å². The molecule has 0 spiro atoms. The maximum absolute atomic E-state index is 4.68. The maximum Gasteiger partial charge on any atom is 0.0382 e. The van der Waals surface area contributed by atoms with Crippen LogP contribution in [0.2, 0.25) is 0 Å². The van der Waals surface area contributed by atoms with Gasteiger partial charge in [-0.25, -0.2) is 0 Å². The topological polar surface area (TPSA) is 16.1 Å². The molecule has 0 saturated carbocycles. The highest BCUT2D eigenvalue weighted by atomic mass is 15.1. The van der Waals surface area contributed by atoms with Gasteiger partial charge in [0.05, 0.1) is 0 Å². The molecule has 2 nitrogen and oxygen atoms in total. The van der Waals surface area contributed by atoms with Crippen LogP contribution >= 0.6 is 0 Å². The van der Waals surface area contributed by atoms with Gasteiger partial charge in [-0.3, -0.25) is 4.98 Å². The van der Waals surface area contributed by atoms with Crippen LogP contribution in [0, 0.1) is 6.92 Å². The van der Waals surface area contributed by atoms with E-state index in [1.807, 2.05) is 13.1 Å². The van der Waals surface area contributed by atoms with Gasteiger partial charge < -0.3 is 4.90 Å². The largest absolute Gasteiger partial charge is 0.371 e. The fourth-order valence-electron chi connectivity index (χ4n) is 5.05. The fourth-order valence-corrected chi connectivity index (χ4v) is 5.05. The quantitative estimate of drug-likeness (QED) is 0.376. The molecule has 1 atom stereocenters. The molecule has 0 amide bonds. The third-order valence-electron chi connectivity index (χ3n) is 7.17. The second kappa shape index (κ2) is 9.56. The van der Waals surface area contributed by atoms with E-state index in [4.69, 9.17) is 0 Å². The van der Waals surface area contributed by atoms with Crippen molar-refractivity contribution in [3.63, 3.8) is 0 Å². The molecule has 2 heterocycles. The molecule has 4 rings (SSSR count). The van der Waals surface area contributed by atoms with E-state index in [0.29, 0.717) is 5.92 Å². The van der Waals surface area contributed by atoms with E-state index in [2.05, 4.69) is 103 Å². The summed E-state index contributed by atoms with van der Waals surface area (Å²) in [6, 6.07) is 26.0. The number of nitrogens with zero attached hydrogens (tertiary/aromatic N) is 2. The predicted molar refractivity (Wildman–Crippen MR) is 136 cm³/mol. The van der Waals surface area contributed by atoms with Gasteiger partial charge in [0, 0.05) is 41.7 Å². The number of piperidine rings is 1. The van der Waals surface area contributed by atoms with Gasteiger partial charge in [0.1, 0.15) is 0 Å². The molecular formula is C30H34N2. The van der Waals surface area contributed by atoms with E-state index in [1.165, 1.54) is 16.7 Å². The first-order valence-electron chi connectivity index (χ1n) is 11.7. The van der Waals surface area contributed by atoms with Gasteiger partial charge in [-0.15, -0.1) is 0 Å². The Morgan fingerprint density at radius 3 is 2.16 bits per heavy atom. The van der Waals surface area contributed by atoms with E-state index < -0.39 is 0 Å². The Morgan fingerprint density at radius 1 is 0.938 bits per heavy atom. The number of hydrogen-bond acceptors (Lipinski definition) is 2. The first-order chi connectivity index (χ1) is 15.5. The molecule has 0 aliphatic carbocycles. The number of likely N-dealkylation sites (tertiary alicyclic amines) is 1. The minimum absolute atomic E-state index is 0.00655. The van der Waals surface area contributed by atoms with E-state index in [0.717, 1.165) is 49.3 Å². The SMILES string of the molecule is C=C(c1ccc(C)nc1)N1CCC(C(=C)CC(C)c2ccccc2)(c2ccccc2)CC1. The lowest BCUT2D eigenvalue weighted by Crippen LogP contribution is -2.43. The molecule has 2 heteroatoms. The molecule has 0 bridgehead atoms. The highest BCUT2D eigenvalue weighted by Gasteiger charge is 2.39. The molecule has 32 heavy (non-hydrogen) atoms. The zero-order chi connectivity index (χ0) is 22.6. The van der Waals surface area contributed by atoms with Crippen molar-refractivity contribution < 1.29 is 0 Å². The summed E-state index contributed by atoms with van der Waals surface area (Å²) in [5, 5.41) is 0. The van der Waals surface area contributed by atoms with Gasteiger partial charge in [-0.2, -0.15) is 0 Å². The second-order valence-corrected chi connectivity index (χ2v) is 9.19. The minimum Gasteiger partial charge on any atom is -0.371 e. The van der Waals surface area contributed by atoms with Crippen LogP contribution in [0.3, 0.4) is 0 Å². The lowest BCUT2D eigenvalue weighted by Gasteiger charge is -2.45. The zero-order valence-corrected chi connectivity index (χ0v) is 19.4. The van der Waals surface area contributed by atoms with Crippen LogP contribution in [-0.4, -0.2) is 23.0 Å². The Kier molecular flexibility index (Phi) is 6.60. The van der Waals surface area contributed by atoms with Crippen LogP contribution in [0.5, 0.6) is 0 Å². The third kappa shape index (κ3) is 4.55. The summed E-state index contributed by atoms with van der Waals surface area (Å²) in [6.07, 6.45) is 5.05. The van der Waals surface area contributed by atoms with Crippen molar-refractivity contribution in [2.45, 2.75) is 44.4 Å². The Hall–Kier alpha value is -3.13. The number of aryl methyl sites for hydroxylation is 1. The Morgan fingerprint density at radius 2 is 1.56 bits per heavy atom. The van der Waals surface area contributed by atoms with Gasteiger partial charge in [0.15, 0.2) is 0 Å². The van der Waals surface area contributed by atoms with Crippen LogP contribution in [0.4, 0.5) is 0 Å². The van der Waals surface area contributed by atoms with Crippen molar-refractivity contribution >= 4 is 5.70 Å². The van der Waals surface area contributed by atoms with Crippen LogP contribution in [0.15, 0.2) is 97.7 Å². The van der Waals surface area contributed by atoms with Crippen molar-refractivity contribution in [2.75, 3.05) is 13.1 Å². The van der Waals surface area contributed by atoms with Crippen LogP contribution in [0.1, 0.15) is 54.5 Å². The number of rotatable bonds is 7. The first-order valence-corrected chi connectivity index (χ1v) is 11.7. The molecule has 1 aromatic heterocycles. The summed E-state index contributed by atoms with van der Waals surface area (Å²) >= 11 is 0. The molecule has 1 aliphatic rings. The second-order valence-electron chi connectivity index (χ2n) is 9.19. The lowest BCUT2D eigenvalue weighted by molar-refractivity contribution is 0.239. The molecule has 164 valence electrons. The lowest BCUT2D eigenvalue weighted by atomic mass is 9.66. The molecule has 0 N–H and O–H groups in total. The highest BCUT2D eigenvalue weighted by molar-refractivity contribution is 5.61. The van der Waals surface area contributed by atoms with Gasteiger partial charge in [-0.05, 0) is 55.4 Å². The van der Waals surface area contributed by atoms with Crippen LogP contribution in [-0.2, 0) is 5.41 Å². The number of benzene rings is 2. The Balaban J connectivity index is 1.54. The van der Waals surface area contributed by atoms with E-state index in [-0.39, 0.29) is 5.41 Å². The van der Waals surface area contributed by atoms with Crippen LogP contribution in [0.25, 0.3) is 5.70 Å². The van der Waals surface area contributed by atoms with Gasteiger partial charge >= 0.3 is 0 Å². The number of pyridine rings is 1. The van der Waals surface area contributed by atoms with Crippen molar-refractivity contribution in [1.82, 2.24) is 9.88 Å². The van der Waals surface area contributed by atoms with Crippen molar-refractivity contribution in [2.24, 2.45) is 0 Å². The molecule has 3 aromatic rings. The summed E-state index contributed by atoms with van der Waals surface area (Å²) in [5.74, 6) is 0.455. The molecule has 0 radical (unpaired) electrons. The summed E-state index contributed by atoms with van der Waals surface area (Å²) in [5.41, 5.74) is 7.35. The molecule has 2 aromatic carbocycles. The first kappa shape index (κ1) is 22.1. The Bertz CT molecular complexity index is 1040. The van der Waals surface area contributed by atoms with Crippen molar-refractivity contribution in [3.8, 4) is 0 Å². The van der Waals surface area contributed by atoms with Crippen molar-refractivity contribution in [3.05, 3.63) is 120 Å². The number of hydrogen-bond donors (Lipinski definition) is 0. The van der Waals surface area contributed by atoms with Crippen LogP contribution < -0.4 is 0 Å². The van der Waals surface area contributed by atoms with E-state index >= 15 is 0 Å². The third-order valence-corrected chi connectivity index (χ3v) is 7.17. The normalized spacial score (nSPS) is 16.4. The number of allylic oxidation sites excluding steroid dienone is 1. The fraction of sp³-hybridized carbons (Fsp3) is 0.300. The zero-order valence-electron chi connectivity index (χ0n) is 19.4. The molecule has 1 saturated heterocycles. The average molecular weight is 423 g/mol. The summed E-state index contributed by atoms with van der Waals surface area (Å²) in [7, 11) is 0. The predicted octanol–water partition coefficient (Wildman–Crippen LogP) is 7.14. The standard InChI is InChI=1S/C30H34N2/c1-23(27-11-7-5-8-12-27)21-24(2)30(29-13-9-6-10-14-29)17-19-32(20-18-30)26(4)28-16-15-25(3)31-22-28/h5-16,22-23H,2,4,17-21H2,1,3H3. The molecule has 1 aliphatic heterocycles. The average Bonchev–Trinajstić information content (AvgIpc) is 2.85. The highest BCUT2D eigenvalue weighted by Crippen LogP contribution is 2.45. The summed E-state index contributed by atoms with van der Waals surface area (Å²) in [6.45, 7) is 15.4. The molecular weight excluding hydrogens is 388 g/mol. The number of aromatic nitrogens is 1. The monoisotopic (exact) mass is 422 g/mol. The summed E-state index contributed by atoms with van der Waals surface area (Å²) in [4.78, 5) is 6.88. The van der Waals surface area contributed by atoms with E-state index in [1.54, 1.807) is 0 Å². The molecule has 1 unspecified atom stereocenters. The van der Waals surface area contributed by atoms with Gasteiger partial charge in [0.25, 0.3) is 0 Å². The smallest absolute Gasteiger partial charge is 0.0382 e. The molecule has 1 fully saturated rings. The Labute approximate surface area is 193 Å². The van der Waals surface area contributed by atoms with E-state index in [9.17, 15) is 0 Å². The minimum atomic E-state index is 0.00655. The van der Waals surface area contributed by atoms with Gasteiger partial charge in [-0.1, -0.05) is 86.3 Å². The van der Waals surface area contributed by atoms with Gasteiger partial charge in [0.2, 0.25) is 0 Å². The summed E-state index contributed by atoms with van der Waals surface area (Å²) < 4.78 is 0.